The maximum Gasteiger partial charge on any atom is 0.142 e. The number of nitrogens with one attached hydrogen (secondary N) is 1. The molecule has 0 aromatic carbocycles. The quantitative estimate of drug-likeness (QED) is 0.735. The summed E-state index contributed by atoms with van der Waals surface area (Å²) >= 11 is 0. The molecule has 2 rings (SSSR count). The van der Waals surface area contributed by atoms with E-state index < -0.39 is 0 Å². The fraction of sp³-hybridized carbons (Fsp3) is 0.727. The van der Waals surface area contributed by atoms with E-state index in [9.17, 15) is 0 Å². The molecule has 0 saturated heterocycles. The van der Waals surface area contributed by atoms with E-state index in [-0.39, 0.29) is 0 Å². The van der Waals surface area contributed by atoms with Crippen LogP contribution >= 0.6 is 0 Å². The van der Waals surface area contributed by atoms with Crippen molar-refractivity contribution in [2.24, 2.45) is 0 Å². The second-order valence-corrected chi connectivity index (χ2v) is 4.19. The van der Waals surface area contributed by atoms with Crippen molar-refractivity contribution >= 4 is 0 Å². The molecule has 0 unspecified atom stereocenters. The minimum absolute atomic E-state index is 0.722. The van der Waals surface area contributed by atoms with Crippen LogP contribution < -0.4 is 5.32 Å². The summed E-state index contributed by atoms with van der Waals surface area (Å²) in [5, 5.41) is 7.41. The second-order valence-electron chi connectivity index (χ2n) is 4.19. The van der Waals surface area contributed by atoms with Gasteiger partial charge in [-0.05, 0) is 7.05 Å². The number of rotatable bonds is 5. The van der Waals surface area contributed by atoms with Crippen molar-refractivity contribution in [3.8, 4) is 0 Å². The lowest BCUT2D eigenvalue weighted by Crippen LogP contribution is -2.27. The third-order valence-electron chi connectivity index (χ3n) is 2.87. The topological polar surface area (TPSA) is 50.5 Å². The molecule has 16 heavy (non-hydrogen) atoms. The highest BCUT2D eigenvalue weighted by Crippen LogP contribution is 2.21. The number of hydrogen-bond donors (Lipinski definition) is 1. The van der Waals surface area contributed by atoms with E-state index in [4.69, 9.17) is 9.26 Å². The van der Waals surface area contributed by atoms with Crippen LogP contribution in [-0.4, -0.2) is 43.9 Å². The lowest BCUT2D eigenvalue weighted by atomic mass is 10.1. The van der Waals surface area contributed by atoms with Gasteiger partial charge in [0.05, 0.1) is 6.61 Å². The van der Waals surface area contributed by atoms with Gasteiger partial charge in [0, 0.05) is 45.3 Å². The first-order chi connectivity index (χ1) is 7.81. The summed E-state index contributed by atoms with van der Waals surface area (Å²) in [6.07, 6.45) is 0.969. The lowest BCUT2D eigenvalue weighted by Gasteiger charge is -2.21. The van der Waals surface area contributed by atoms with Gasteiger partial charge in [-0.3, -0.25) is 0 Å². The highest BCUT2D eigenvalue weighted by atomic mass is 16.5. The summed E-state index contributed by atoms with van der Waals surface area (Å²) in [6.45, 7) is 4.32. The van der Waals surface area contributed by atoms with E-state index in [1.807, 2.05) is 0 Å². The molecule has 0 bridgehead atoms. The Morgan fingerprint density at radius 2 is 2.44 bits per heavy atom. The van der Waals surface area contributed by atoms with E-state index in [1.54, 1.807) is 7.11 Å². The van der Waals surface area contributed by atoms with Gasteiger partial charge in [-0.25, -0.2) is 0 Å². The third-order valence-corrected chi connectivity index (χ3v) is 2.87. The number of likely N-dealkylation sites (N-methyl/N-ethyl adjacent to an activating group) is 1. The zero-order chi connectivity index (χ0) is 11.4. The number of methoxy groups -OCH3 is 1. The van der Waals surface area contributed by atoms with Crippen molar-refractivity contribution in [3.05, 3.63) is 17.0 Å². The fourth-order valence-corrected chi connectivity index (χ4v) is 1.92. The predicted octanol–water partition coefficient (Wildman–Crippen LogP) is 0.398. The summed E-state index contributed by atoms with van der Waals surface area (Å²) in [5.74, 6) is 1.06. The Morgan fingerprint density at radius 3 is 3.25 bits per heavy atom. The highest BCUT2D eigenvalue weighted by Gasteiger charge is 2.21. The van der Waals surface area contributed by atoms with Crippen molar-refractivity contribution in [3.63, 3.8) is 0 Å². The monoisotopic (exact) mass is 225 g/mol. The Balaban J connectivity index is 1.92. The standard InChI is InChI=1S/C11H19N3O2/c1-14-5-3-11-9(8-14)10(13-16-11)7-12-4-6-15-2/h12H,3-8H2,1-2H3. The third kappa shape index (κ3) is 2.61. The van der Waals surface area contributed by atoms with Gasteiger partial charge in [0.1, 0.15) is 11.5 Å². The van der Waals surface area contributed by atoms with E-state index in [0.717, 1.165) is 50.7 Å². The van der Waals surface area contributed by atoms with Crippen LogP contribution in [0.25, 0.3) is 0 Å². The summed E-state index contributed by atoms with van der Waals surface area (Å²) in [4.78, 5) is 2.29. The maximum atomic E-state index is 5.34. The Morgan fingerprint density at radius 1 is 1.56 bits per heavy atom. The van der Waals surface area contributed by atoms with Crippen LogP contribution in [0.1, 0.15) is 17.0 Å². The van der Waals surface area contributed by atoms with Gasteiger partial charge in [-0.2, -0.15) is 0 Å². The molecule has 0 amide bonds. The molecule has 0 saturated carbocycles. The first-order valence-corrected chi connectivity index (χ1v) is 5.65. The van der Waals surface area contributed by atoms with Crippen LogP contribution in [0.4, 0.5) is 0 Å². The number of ether oxygens (including phenoxy) is 1. The van der Waals surface area contributed by atoms with Crippen LogP contribution in [0.2, 0.25) is 0 Å². The molecule has 90 valence electrons. The number of aromatic nitrogens is 1. The predicted molar refractivity (Wildman–Crippen MR) is 60.1 cm³/mol. The Hall–Kier alpha value is -0.910. The van der Waals surface area contributed by atoms with Crippen molar-refractivity contribution < 1.29 is 9.26 Å². The Kier molecular flexibility index (Phi) is 3.93. The zero-order valence-electron chi connectivity index (χ0n) is 9.95. The molecule has 0 atom stereocenters. The molecule has 5 heteroatoms. The van der Waals surface area contributed by atoms with E-state index in [1.165, 1.54) is 5.56 Å². The molecule has 0 fully saturated rings. The number of fused-ring (bicyclic) bond motifs is 1. The smallest absolute Gasteiger partial charge is 0.142 e. The van der Waals surface area contributed by atoms with E-state index >= 15 is 0 Å². The first kappa shape index (κ1) is 11.6. The van der Waals surface area contributed by atoms with Crippen molar-refractivity contribution in [2.75, 3.05) is 33.9 Å². The molecule has 1 aromatic rings. The normalized spacial score (nSPS) is 16.4. The summed E-state index contributed by atoms with van der Waals surface area (Å²) in [6, 6.07) is 0. The largest absolute Gasteiger partial charge is 0.383 e. The van der Waals surface area contributed by atoms with Crippen LogP contribution in [0.3, 0.4) is 0 Å². The van der Waals surface area contributed by atoms with Crippen LogP contribution in [0.15, 0.2) is 4.52 Å². The second kappa shape index (κ2) is 5.43. The Labute approximate surface area is 95.7 Å². The average molecular weight is 225 g/mol. The van der Waals surface area contributed by atoms with Crippen molar-refractivity contribution in [1.29, 1.82) is 0 Å². The first-order valence-electron chi connectivity index (χ1n) is 5.65. The number of nitrogens with zero attached hydrogens (tertiary/aromatic N) is 2. The molecular formula is C11H19N3O2. The van der Waals surface area contributed by atoms with Crippen molar-refractivity contribution in [1.82, 2.24) is 15.4 Å². The molecule has 1 aliphatic heterocycles. The minimum atomic E-state index is 0.722. The van der Waals surface area contributed by atoms with Crippen molar-refractivity contribution in [2.45, 2.75) is 19.5 Å². The molecule has 0 radical (unpaired) electrons. The van der Waals surface area contributed by atoms with Gasteiger partial charge in [0.2, 0.25) is 0 Å². The summed E-state index contributed by atoms with van der Waals surface area (Å²) < 4.78 is 10.3. The zero-order valence-corrected chi connectivity index (χ0v) is 9.95. The molecule has 1 aromatic heterocycles. The van der Waals surface area contributed by atoms with Gasteiger partial charge in [-0.1, -0.05) is 5.16 Å². The molecule has 2 heterocycles. The van der Waals surface area contributed by atoms with Crippen LogP contribution in [-0.2, 0) is 24.2 Å². The summed E-state index contributed by atoms with van der Waals surface area (Å²) in [7, 11) is 3.83. The maximum absolute atomic E-state index is 5.34. The average Bonchev–Trinajstić information content (AvgIpc) is 2.67. The molecule has 0 spiro atoms. The summed E-state index contributed by atoms with van der Waals surface area (Å²) in [5.41, 5.74) is 2.30. The molecule has 0 aliphatic carbocycles. The highest BCUT2D eigenvalue weighted by molar-refractivity contribution is 5.25. The van der Waals surface area contributed by atoms with Gasteiger partial charge >= 0.3 is 0 Å². The lowest BCUT2D eigenvalue weighted by molar-refractivity contribution is 0.199. The Bertz CT molecular complexity index is 338. The molecule has 1 aliphatic rings. The van der Waals surface area contributed by atoms with Crippen LogP contribution in [0.5, 0.6) is 0 Å². The fourth-order valence-electron chi connectivity index (χ4n) is 1.92. The molecule has 1 N–H and O–H groups in total. The van der Waals surface area contributed by atoms with Gasteiger partial charge in [0.25, 0.3) is 0 Å². The SMILES string of the molecule is COCCNCc1noc2c1CN(C)CC2. The van der Waals surface area contributed by atoms with Crippen LogP contribution in [0, 0.1) is 0 Å². The number of hydrogen-bond acceptors (Lipinski definition) is 5. The van der Waals surface area contributed by atoms with Gasteiger partial charge in [0.15, 0.2) is 0 Å². The van der Waals surface area contributed by atoms with E-state index in [0.29, 0.717) is 0 Å². The van der Waals surface area contributed by atoms with Gasteiger partial charge in [-0.15, -0.1) is 0 Å². The van der Waals surface area contributed by atoms with E-state index in [2.05, 4.69) is 22.4 Å². The molecule has 5 nitrogen and oxygen atoms in total. The van der Waals surface area contributed by atoms with Gasteiger partial charge < -0.3 is 19.5 Å². The molecular weight excluding hydrogens is 206 g/mol. The minimum Gasteiger partial charge on any atom is -0.383 e.